The quantitative estimate of drug-likeness (QED) is 0.650. The minimum atomic E-state index is -4.85. The van der Waals surface area contributed by atoms with Crippen molar-refractivity contribution in [3.8, 4) is 22.6 Å². The first-order valence-electron chi connectivity index (χ1n) is 7.68. The van der Waals surface area contributed by atoms with Crippen LogP contribution in [0.3, 0.4) is 0 Å². The highest BCUT2D eigenvalue weighted by atomic mass is 32.2. The molecule has 28 heavy (non-hydrogen) atoms. The highest BCUT2D eigenvalue weighted by Crippen LogP contribution is 2.36. The third-order valence-corrected chi connectivity index (χ3v) is 4.89. The summed E-state index contributed by atoms with van der Waals surface area (Å²) < 4.78 is 90.9. The zero-order valence-electron chi connectivity index (χ0n) is 14.4. The van der Waals surface area contributed by atoms with Gasteiger partial charge >= 0.3 is 6.18 Å². The molecule has 0 unspecified atom stereocenters. The van der Waals surface area contributed by atoms with E-state index in [1.54, 1.807) is 19.1 Å². The van der Waals surface area contributed by atoms with Crippen molar-refractivity contribution in [1.29, 1.82) is 0 Å². The van der Waals surface area contributed by atoms with Crippen LogP contribution in [-0.2, 0) is 16.0 Å². The summed E-state index contributed by atoms with van der Waals surface area (Å²) in [6, 6.07) is 5.81. The van der Waals surface area contributed by atoms with Gasteiger partial charge in [0.05, 0.1) is 17.1 Å². The molecule has 0 bridgehead atoms. The molecular weight excluding hydrogens is 405 g/mol. The number of halogens is 5. The lowest BCUT2D eigenvalue weighted by Gasteiger charge is -2.07. The normalized spacial score (nSPS) is 12.4. The number of benzene rings is 1. The molecular formula is C17H12F5N3O2S. The van der Waals surface area contributed by atoms with Crippen molar-refractivity contribution in [3.63, 3.8) is 0 Å². The summed E-state index contributed by atoms with van der Waals surface area (Å²) in [5.74, 6) is -4.25. The molecule has 5 nitrogen and oxygen atoms in total. The van der Waals surface area contributed by atoms with E-state index in [1.165, 1.54) is 6.07 Å². The van der Waals surface area contributed by atoms with Gasteiger partial charge in [-0.2, -0.15) is 13.2 Å². The van der Waals surface area contributed by atoms with E-state index in [4.69, 9.17) is 0 Å². The van der Waals surface area contributed by atoms with Gasteiger partial charge in [0.2, 0.25) is 5.82 Å². The number of imidazole rings is 1. The Labute approximate surface area is 156 Å². The van der Waals surface area contributed by atoms with Gasteiger partial charge < -0.3 is 4.98 Å². The molecule has 2 heterocycles. The second-order valence-corrected chi connectivity index (χ2v) is 7.96. The fourth-order valence-electron chi connectivity index (χ4n) is 2.63. The number of aryl methyl sites for hydroxylation is 1. The van der Waals surface area contributed by atoms with Gasteiger partial charge in [0.15, 0.2) is 9.84 Å². The molecule has 3 rings (SSSR count). The third-order valence-electron chi connectivity index (χ3n) is 3.76. The van der Waals surface area contributed by atoms with Crippen LogP contribution < -0.4 is 0 Å². The van der Waals surface area contributed by atoms with E-state index in [9.17, 15) is 30.4 Å². The number of aromatic nitrogens is 3. The zero-order valence-corrected chi connectivity index (χ0v) is 15.2. The van der Waals surface area contributed by atoms with Crippen molar-refractivity contribution in [2.45, 2.75) is 18.0 Å². The molecule has 1 aromatic carbocycles. The van der Waals surface area contributed by atoms with Crippen molar-refractivity contribution in [1.82, 2.24) is 15.0 Å². The molecule has 0 fully saturated rings. The lowest BCUT2D eigenvalue weighted by atomic mass is 10.1. The highest BCUT2D eigenvalue weighted by Gasteiger charge is 2.36. The minimum Gasteiger partial charge on any atom is -0.333 e. The van der Waals surface area contributed by atoms with Crippen LogP contribution in [0.2, 0.25) is 0 Å². The van der Waals surface area contributed by atoms with Gasteiger partial charge in [0.25, 0.3) is 0 Å². The van der Waals surface area contributed by atoms with E-state index in [0.717, 1.165) is 0 Å². The largest absolute Gasteiger partial charge is 0.449 e. The molecule has 0 saturated heterocycles. The van der Waals surface area contributed by atoms with Crippen LogP contribution >= 0.6 is 0 Å². The predicted octanol–water partition coefficient (Wildman–Crippen LogP) is 4.15. The molecule has 0 spiro atoms. The van der Waals surface area contributed by atoms with Crippen LogP contribution in [0.1, 0.15) is 11.5 Å². The second kappa shape index (κ2) is 6.66. The molecule has 1 N–H and O–H groups in total. The summed E-state index contributed by atoms with van der Waals surface area (Å²) in [7, 11) is -4.22. The Morgan fingerprint density at radius 2 is 1.64 bits per heavy atom. The Balaban J connectivity index is 2.29. The Morgan fingerprint density at radius 3 is 2.14 bits per heavy atom. The molecule has 0 atom stereocenters. The Bertz CT molecular complexity index is 1150. The molecule has 0 radical (unpaired) electrons. The van der Waals surface area contributed by atoms with Gasteiger partial charge in [-0.3, -0.25) is 4.98 Å². The van der Waals surface area contributed by atoms with E-state index in [-0.39, 0.29) is 17.0 Å². The topological polar surface area (TPSA) is 75.7 Å². The average molecular weight is 417 g/mol. The summed E-state index contributed by atoms with van der Waals surface area (Å²) in [6.45, 7) is 1.62. The van der Waals surface area contributed by atoms with Crippen LogP contribution in [0.15, 0.2) is 35.2 Å². The third kappa shape index (κ3) is 3.75. The molecule has 11 heteroatoms. The fourth-order valence-corrected chi connectivity index (χ4v) is 3.46. The van der Waals surface area contributed by atoms with Crippen molar-refractivity contribution < 1.29 is 30.4 Å². The van der Waals surface area contributed by atoms with E-state index >= 15 is 0 Å². The van der Waals surface area contributed by atoms with Crippen molar-refractivity contribution in [2.75, 3.05) is 6.26 Å². The van der Waals surface area contributed by atoms with E-state index in [1.807, 2.05) is 0 Å². The van der Waals surface area contributed by atoms with Gasteiger partial charge in [-0.25, -0.2) is 22.2 Å². The van der Waals surface area contributed by atoms with Crippen molar-refractivity contribution in [3.05, 3.63) is 53.5 Å². The first kappa shape index (κ1) is 19.9. The number of nitrogens with one attached hydrogen (secondary N) is 1. The summed E-state index contributed by atoms with van der Waals surface area (Å²) in [5.41, 5.74) is -0.417. The number of rotatable bonds is 3. The lowest BCUT2D eigenvalue weighted by molar-refractivity contribution is -0.144. The molecule has 0 aliphatic heterocycles. The summed E-state index contributed by atoms with van der Waals surface area (Å²) in [6.07, 6.45) is -4.23. The number of nitrogens with zero attached hydrogens (tertiary/aromatic N) is 2. The molecule has 148 valence electrons. The smallest absolute Gasteiger partial charge is 0.333 e. The number of alkyl halides is 3. The Hall–Kier alpha value is -2.82. The number of hydrogen-bond donors (Lipinski definition) is 1. The number of aromatic amines is 1. The Kier molecular flexibility index (Phi) is 4.74. The van der Waals surface area contributed by atoms with E-state index < -0.39 is 44.1 Å². The predicted molar refractivity (Wildman–Crippen MR) is 90.0 cm³/mol. The molecule has 2 aromatic heterocycles. The first-order chi connectivity index (χ1) is 12.9. The van der Waals surface area contributed by atoms with Crippen LogP contribution in [0.25, 0.3) is 22.6 Å². The number of pyridine rings is 1. The van der Waals surface area contributed by atoms with Gasteiger partial charge in [-0.15, -0.1) is 0 Å². The van der Waals surface area contributed by atoms with Crippen LogP contribution in [0, 0.1) is 18.6 Å². The molecule has 0 aliphatic rings. The van der Waals surface area contributed by atoms with Crippen LogP contribution in [-0.4, -0.2) is 29.6 Å². The summed E-state index contributed by atoms with van der Waals surface area (Å²) in [5, 5.41) is 0. The standard InChI is InChI=1S/C17H12F5N3O2S/c1-8-4-3-5-12(23-8)14-13(24-16(25-14)17(20,21)22)9-6-10(18)15(11(19)7-9)28(2,26)27/h3-7H,1-2H3,(H,24,25). The molecule has 0 aliphatic carbocycles. The summed E-state index contributed by atoms with van der Waals surface area (Å²) in [4.78, 5) is 8.45. The van der Waals surface area contributed by atoms with Gasteiger partial charge in [0.1, 0.15) is 16.5 Å². The number of sulfone groups is 1. The van der Waals surface area contributed by atoms with Gasteiger partial charge in [-0.1, -0.05) is 6.07 Å². The molecule has 3 aromatic rings. The SMILES string of the molecule is Cc1cccc(-c2[nH]c(C(F)(F)F)nc2-c2cc(F)c(S(C)(=O)=O)c(F)c2)n1. The van der Waals surface area contributed by atoms with Crippen LogP contribution in [0.4, 0.5) is 22.0 Å². The average Bonchev–Trinajstić information content (AvgIpc) is 2.98. The number of H-pyrrole nitrogens is 1. The second-order valence-electron chi connectivity index (χ2n) is 6.01. The van der Waals surface area contributed by atoms with Gasteiger partial charge in [-0.05, 0) is 31.2 Å². The maximum atomic E-state index is 14.2. The monoisotopic (exact) mass is 417 g/mol. The maximum Gasteiger partial charge on any atom is 0.449 e. The molecule has 0 amide bonds. The Morgan fingerprint density at radius 1 is 1.04 bits per heavy atom. The van der Waals surface area contributed by atoms with Gasteiger partial charge in [0, 0.05) is 17.5 Å². The number of hydrogen-bond acceptors (Lipinski definition) is 4. The first-order valence-corrected chi connectivity index (χ1v) is 9.58. The van der Waals surface area contributed by atoms with Crippen molar-refractivity contribution >= 4 is 9.84 Å². The van der Waals surface area contributed by atoms with Crippen molar-refractivity contribution in [2.24, 2.45) is 0 Å². The van der Waals surface area contributed by atoms with Crippen LogP contribution in [0.5, 0.6) is 0 Å². The van der Waals surface area contributed by atoms with E-state index in [2.05, 4.69) is 15.0 Å². The highest BCUT2D eigenvalue weighted by molar-refractivity contribution is 7.90. The van der Waals surface area contributed by atoms with E-state index in [0.29, 0.717) is 24.1 Å². The summed E-state index contributed by atoms with van der Waals surface area (Å²) >= 11 is 0. The zero-order chi connectivity index (χ0) is 20.9. The fraction of sp³-hybridized carbons (Fsp3) is 0.176. The minimum absolute atomic E-state index is 0.0750. The maximum absolute atomic E-state index is 14.2. The lowest BCUT2D eigenvalue weighted by Crippen LogP contribution is -2.07. The molecule has 0 saturated carbocycles.